The van der Waals surface area contributed by atoms with Crippen LogP contribution in [0.1, 0.15) is 33.1 Å². The highest BCUT2D eigenvalue weighted by Crippen LogP contribution is 2.56. The first kappa shape index (κ1) is 21.3. The van der Waals surface area contributed by atoms with Crippen LogP contribution in [0.4, 0.5) is 39.5 Å². The Morgan fingerprint density at radius 3 is 1.50 bits per heavy atom. The van der Waals surface area contributed by atoms with Crippen molar-refractivity contribution in [1.82, 2.24) is 0 Å². The molecule has 0 bridgehead atoms. The molecule has 0 aromatic heterocycles. The highest BCUT2D eigenvalue weighted by Gasteiger charge is 2.75. The van der Waals surface area contributed by atoms with Crippen molar-refractivity contribution in [2.24, 2.45) is 17.8 Å². The third-order valence-corrected chi connectivity index (χ3v) is 4.97. The van der Waals surface area contributed by atoms with E-state index in [1.165, 1.54) is 0 Å². The van der Waals surface area contributed by atoms with Crippen molar-refractivity contribution < 1.29 is 49.7 Å². The molecular formula is C13H17F9O2. The molecule has 11 heteroatoms. The van der Waals surface area contributed by atoms with E-state index in [0.29, 0.717) is 6.92 Å². The zero-order valence-corrected chi connectivity index (χ0v) is 12.6. The van der Waals surface area contributed by atoms with Crippen LogP contribution in [0.3, 0.4) is 0 Å². The van der Waals surface area contributed by atoms with Crippen LogP contribution in [0.2, 0.25) is 0 Å². The van der Waals surface area contributed by atoms with E-state index >= 15 is 0 Å². The van der Waals surface area contributed by atoms with E-state index in [-0.39, 0.29) is 0 Å². The van der Waals surface area contributed by atoms with Gasteiger partial charge in [-0.25, -0.2) is 0 Å². The van der Waals surface area contributed by atoms with Crippen molar-refractivity contribution in [1.29, 1.82) is 0 Å². The van der Waals surface area contributed by atoms with Crippen LogP contribution in [-0.2, 0) is 0 Å². The van der Waals surface area contributed by atoms with Gasteiger partial charge in [0, 0.05) is 5.92 Å². The fourth-order valence-electron chi connectivity index (χ4n) is 3.23. The van der Waals surface area contributed by atoms with Crippen LogP contribution >= 0.6 is 0 Å². The van der Waals surface area contributed by atoms with Crippen LogP contribution in [0, 0.1) is 17.8 Å². The van der Waals surface area contributed by atoms with Crippen molar-refractivity contribution in [3.05, 3.63) is 0 Å². The van der Waals surface area contributed by atoms with Crippen molar-refractivity contribution >= 4 is 0 Å². The number of hydrogen-bond acceptors (Lipinski definition) is 2. The van der Waals surface area contributed by atoms with Gasteiger partial charge in [-0.05, 0) is 38.0 Å². The minimum Gasteiger partial charge on any atom is -0.380 e. The second-order valence-corrected chi connectivity index (χ2v) is 6.50. The molecule has 0 saturated heterocycles. The topological polar surface area (TPSA) is 40.5 Å². The first-order valence-electron chi connectivity index (χ1n) is 7.02. The summed E-state index contributed by atoms with van der Waals surface area (Å²) in [4.78, 5) is 0. The van der Waals surface area contributed by atoms with Gasteiger partial charge in [0.15, 0.2) is 5.60 Å². The lowest BCUT2D eigenvalue weighted by atomic mass is 9.63. The molecule has 0 aromatic rings. The van der Waals surface area contributed by atoms with Gasteiger partial charge in [-0.15, -0.1) is 0 Å². The molecule has 0 spiro atoms. The highest BCUT2D eigenvalue weighted by atomic mass is 19.4. The monoisotopic (exact) mass is 376 g/mol. The number of aliphatic hydroxyl groups is 2. The van der Waals surface area contributed by atoms with Crippen LogP contribution in [0.5, 0.6) is 0 Å². The van der Waals surface area contributed by atoms with Crippen LogP contribution in [0.15, 0.2) is 0 Å². The molecule has 0 radical (unpaired) electrons. The Kier molecular flexibility index (Phi) is 5.27. The SMILES string of the molecule is CC1CCC(C(C)(O)C(F)(F)F)CC1C(O)(C(F)(F)F)C(F)(F)F. The van der Waals surface area contributed by atoms with E-state index in [1.54, 1.807) is 0 Å². The lowest BCUT2D eigenvalue weighted by Crippen LogP contribution is -2.65. The van der Waals surface area contributed by atoms with E-state index in [2.05, 4.69) is 0 Å². The standard InChI is InChI=1S/C13H17F9O2/c1-6-3-4-7(9(2,23)11(14,15)16)5-8(6)10(24,12(17,18)19)13(20,21)22/h6-8,23-24H,3-5H2,1-2H3. The van der Waals surface area contributed by atoms with E-state index in [0.717, 1.165) is 6.92 Å². The second-order valence-electron chi connectivity index (χ2n) is 6.50. The first-order chi connectivity index (χ1) is 10.4. The normalized spacial score (nSPS) is 30.1. The molecule has 1 fully saturated rings. The first-order valence-corrected chi connectivity index (χ1v) is 7.02. The van der Waals surface area contributed by atoms with Gasteiger partial charge in [0.2, 0.25) is 0 Å². The molecule has 0 amide bonds. The average Bonchev–Trinajstić information content (AvgIpc) is 2.34. The molecule has 0 aliphatic heterocycles. The predicted octanol–water partition coefficient (Wildman–Crippen LogP) is 4.21. The van der Waals surface area contributed by atoms with Gasteiger partial charge >= 0.3 is 18.5 Å². The number of hydrogen-bond donors (Lipinski definition) is 2. The Labute approximate surface area is 131 Å². The quantitative estimate of drug-likeness (QED) is 0.709. The van der Waals surface area contributed by atoms with Crippen molar-refractivity contribution in [2.75, 3.05) is 0 Å². The molecule has 24 heavy (non-hydrogen) atoms. The van der Waals surface area contributed by atoms with Gasteiger partial charge in [-0.3, -0.25) is 0 Å². The van der Waals surface area contributed by atoms with Crippen molar-refractivity contribution in [2.45, 2.75) is 62.8 Å². The average molecular weight is 376 g/mol. The van der Waals surface area contributed by atoms with Gasteiger partial charge in [-0.2, -0.15) is 39.5 Å². The minimum atomic E-state index is -6.11. The molecule has 0 aromatic carbocycles. The van der Waals surface area contributed by atoms with E-state index in [4.69, 9.17) is 0 Å². The van der Waals surface area contributed by atoms with Crippen molar-refractivity contribution in [3.8, 4) is 0 Å². The van der Waals surface area contributed by atoms with Crippen LogP contribution in [-0.4, -0.2) is 39.9 Å². The fourth-order valence-corrected chi connectivity index (χ4v) is 3.23. The lowest BCUT2D eigenvalue weighted by Gasteiger charge is -2.48. The summed E-state index contributed by atoms with van der Waals surface area (Å²) in [6.45, 7) is 1.32. The highest BCUT2D eigenvalue weighted by molar-refractivity contribution is 5.05. The smallest absolute Gasteiger partial charge is 0.380 e. The summed E-state index contributed by atoms with van der Waals surface area (Å²) in [5.74, 6) is -5.78. The van der Waals surface area contributed by atoms with Gasteiger partial charge in [0.05, 0.1) is 0 Å². The molecule has 1 aliphatic rings. The van der Waals surface area contributed by atoms with Gasteiger partial charge < -0.3 is 10.2 Å². The van der Waals surface area contributed by atoms with Crippen molar-refractivity contribution in [3.63, 3.8) is 0 Å². The van der Waals surface area contributed by atoms with Crippen LogP contribution < -0.4 is 0 Å². The number of halogens is 9. The molecular weight excluding hydrogens is 359 g/mol. The summed E-state index contributed by atoms with van der Waals surface area (Å²) in [5.41, 5.74) is -8.59. The van der Waals surface area contributed by atoms with E-state index in [1.807, 2.05) is 0 Å². The maximum atomic E-state index is 13.0. The molecule has 4 unspecified atom stereocenters. The lowest BCUT2D eigenvalue weighted by molar-refractivity contribution is -0.394. The molecule has 144 valence electrons. The Hall–Kier alpha value is -0.710. The Balaban J connectivity index is 3.31. The summed E-state index contributed by atoms with van der Waals surface area (Å²) >= 11 is 0. The molecule has 1 rings (SSSR count). The maximum Gasteiger partial charge on any atom is 0.426 e. The van der Waals surface area contributed by atoms with Gasteiger partial charge in [0.25, 0.3) is 5.60 Å². The number of alkyl halides is 9. The molecule has 0 heterocycles. The zero-order chi connectivity index (χ0) is 19.4. The molecule has 2 N–H and O–H groups in total. The molecule has 4 atom stereocenters. The maximum absolute atomic E-state index is 13.0. The summed E-state index contributed by atoms with van der Waals surface area (Å²) in [6, 6.07) is 0. The summed E-state index contributed by atoms with van der Waals surface area (Å²) < 4.78 is 116. The van der Waals surface area contributed by atoms with Crippen LogP contribution in [0.25, 0.3) is 0 Å². The zero-order valence-electron chi connectivity index (χ0n) is 12.6. The Morgan fingerprint density at radius 2 is 1.17 bits per heavy atom. The summed E-state index contributed by atoms with van der Waals surface area (Å²) in [7, 11) is 0. The Bertz CT molecular complexity index is 436. The summed E-state index contributed by atoms with van der Waals surface area (Å²) in [6.07, 6.45) is -19.5. The molecule has 2 nitrogen and oxygen atoms in total. The van der Waals surface area contributed by atoms with Gasteiger partial charge in [0.1, 0.15) is 0 Å². The second kappa shape index (κ2) is 5.93. The molecule has 1 aliphatic carbocycles. The summed E-state index contributed by atoms with van der Waals surface area (Å²) in [5, 5.41) is 19.0. The number of rotatable bonds is 2. The van der Waals surface area contributed by atoms with E-state index in [9.17, 15) is 49.7 Å². The molecule has 1 saturated carbocycles. The van der Waals surface area contributed by atoms with Gasteiger partial charge in [-0.1, -0.05) is 6.92 Å². The predicted molar refractivity (Wildman–Crippen MR) is 63.7 cm³/mol. The Morgan fingerprint density at radius 1 is 0.750 bits per heavy atom. The third kappa shape index (κ3) is 3.33. The largest absolute Gasteiger partial charge is 0.426 e. The fraction of sp³-hybridized carbons (Fsp3) is 1.00. The van der Waals surface area contributed by atoms with E-state index < -0.39 is 66.7 Å². The minimum absolute atomic E-state index is 0.310. The third-order valence-electron chi connectivity index (χ3n) is 4.97.